The molecule has 2 unspecified atom stereocenters. The molecule has 3 heteroatoms. The molecular formula is C10H22N2S. The van der Waals surface area contributed by atoms with E-state index >= 15 is 0 Å². The molecule has 1 fully saturated rings. The second kappa shape index (κ2) is 4.67. The first-order valence-electron chi connectivity index (χ1n) is 5.15. The summed E-state index contributed by atoms with van der Waals surface area (Å²) in [6.45, 7) is 8.63. The quantitative estimate of drug-likeness (QED) is 0.725. The highest BCUT2D eigenvalue weighted by molar-refractivity contribution is 8.00. The minimum Gasteiger partial charge on any atom is -0.329 e. The van der Waals surface area contributed by atoms with Crippen LogP contribution in [0.25, 0.3) is 0 Å². The molecule has 0 aliphatic carbocycles. The van der Waals surface area contributed by atoms with Crippen LogP contribution in [0.2, 0.25) is 0 Å². The van der Waals surface area contributed by atoms with Crippen molar-refractivity contribution in [1.29, 1.82) is 0 Å². The van der Waals surface area contributed by atoms with E-state index in [1.807, 2.05) is 11.8 Å². The minimum absolute atomic E-state index is 0.231. The molecule has 0 spiro atoms. The zero-order valence-corrected chi connectivity index (χ0v) is 9.79. The van der Waals surface area contributed by atoms with Crippen molar-refractivity contribution in [3.63, 3.8) is 0 Å². The Morgan fingerprint density at radius 1 is 1.62 bits per heavy atom. The zero-order chi connectivity index (χ0) is 9.90. The molecule has 1 heterocycles. The van der Waals surface area contributed by atoms with Gasteiger partial charge in [-0.1, -0.05) is 20.8 Å². The number of rotatable bonds is 4. The van der Waals surface area contributed by atoms with Crippen LogP contribution in [0.5, 0.6) is 0 Å². The highest BCUT2D eigenvalue weighted by Crippen LogP contribution is 2.33. The van der Waals surface area contributed by atoms with Crippen LogP contribution in [0.1, 0.15) is 27.2 Å². The van der Waals surface area contributed by atoms with Gasteiger partial charge in [0.25, 0.3) is 0 Å². The molecule has 13 heavy (non-hydrogen) atoms. The molecule has 0 saturated carbocycles. The van der Waals surface area contributed by atoms with E-state index in [1.165, 1.54) is 12.2 Å². The van der Waals surface area contributed by atoms with E-state index in [0.29, 0.717) is 5.92 Å². The third-order valence-electron chi connectivity index (χ3n) is 2.60. The van der Waals surface area contributed by atoms with Gasteiger partial charge in [0.2, 0.25) is 0 Å². The number of hydrogen-bond acceptors (Lipinski definition) is 3. The monoisotopic (exact) mass is 202 g/mol. The van der Waals surface area contributed by atoms with Gasteiger partial charge < -0.3 is 11.1 Å². The number of nitrogens with one attached hydrogen (secondary N) is 1. The lowest BCUT2D eigenvalue weighted by Gasteiger charge is -2.29. The van der Waals surface area contributed by atoms with Gasteiger partial charge in [0, 0.05) is 23.1 Å². The minimum atomic E-state index is 0.231. The number of nitrogens with two attached hydrogens (primary N) is 1. The average molecular weight is 202 g/mol. The van der Waals surface area contributed by atoms with Crippen LogP contribution in [0.4, 0.5) is 0 Å². The standard InChI is InChI=1S/C10H22N2S/c1-8(2)5-12-10(6-11)4-9(3)13-7-10/h8-9,12H,4-7,11H2,1-3H3. The second-order valence-corrected chi connectivity index (χ2v) is 6.01. The van der Waals surface area contributed by atoms with E-state index in [2.05, 4.69) is 26.1 Å². The Labute approximate surface area is 86.0 Å². The Bertz CT molecular complexity index is 161. The maximum absolute atomic E-state index is 5.84. The van der Waals surface area contributed by atoms with E-state index in [0.717, 1.165) is 18.3 Å². The van der Waals surface area contributed by atoms with Gasteiger partial charge in [0.05, 0.1) is 0 Å². The molecule has 1 aliphatic heterocycles. The van der Waals surface area contributed by atoms with Crippen LogP contribution < -0.4 is 11.1 Å². The van der Waals surface area contributed by atoms with Gasteiger partial charge in [0.15, 0.2) is 0 Å². The summed E-state index contributed by atoms with van der Waals surface area (Å²) >= 11 is 2.04. The Balaban J connectivity index is 2.41. The molecule has 1 rings (SSSR count). The van der Waals surface area contributed by atoms with Crippen molar-refractivity contribution in [1.82, 2.24) is 5.32 Å². The lowest BCUT2D eigenvalue weighted by Crippen LogP contribution is -2.52. The van der Waals surface area contributed by atoms with Crippen molar-refractivity contribution >= 4 is 11.8 Å². The first kappa shape index (κ1) is 11.3. The Kier molecular flexibility index (Phi) is 4.07. The van der Waals surface area contributed by atoms with Gasteiger partial charge in [-0.15, -0.1) is 0 Å². The van der Waals surface area contributed by atoms with Crippen LogP contribution in [0, 0.1) is 5.92 Å². The normalized spacial score (nSPS) is 34.4. The van der Waals surface area contributed by atoms with Crippen molar-refractivity contribution in [3.8, 4) is 0 Å². The number of thioether (sulfide) groups is 1. The molecule has 2 nitrogen and oxygen atoms in total. The first-order valence-corrected chi connectivity index (χ1v) is 6.19. The summed E-state index contributed by atoms with van der Waals surface area (Å²) in [4.78, 5) is 0. The molecule has 2 atom stereocenters. The molecule has 0 aromatic heterocycles. The molecule has 0 bridgehead atoms. The predicted molar refractivity (Wildman–Crippen MR) is 61.2 cm³/mol. The molecule has 3 N–H and O–H groups in total. The van der Waals surface area contributed by atoms with Gasteiger partial charge in [0.1, 0.15) is 0 Å². The maximum Gasteiger partial charge on any atom is 0.0405 e. The Morgan fingerprint density at radius 2 is 2.31 bits per heavy atom. The van der Waals surface area contributed by atoms with Crippen LogP contribution in [-0.4, -0.2) is 29.6 Å². The van der Waals surface area contributed by atoms with Gasteiger partial charge in [-0.3, -0.25) is 0 Å². The lowest BCUT2D eigenvalue weighted by atomic mass is 9.95. The van der Waals surface area contributed by atoms with Crippen molar-refractivity contribution < 1.29 is 0 Å². The highest BCUT2D eigenvalue weighted by atomic mass is 32.2. The van der Waals surface area contributed by atoms with Crippen molar-refractivity contribution in [2.45, 2.75) is 38.0 Å². The highest BCUT2D eigenvalue weighted by Gasteiger charge is 2.36. The third-order valence-corrected chi connectivity index (χ3v) is 4.05. The lowest BCUT2D eigenvalue weighted by molar-refractivity contribution is 0.341. The van der Waals surface area contributed by atoms with Gasteiger partial charge in [-0.05, 0) is 18.9 Å². The summed E-state index contributed by atoms with van der Waals surface area (Å²) in [7, 11) is 0. The smallest absolute Gasteiger partial charge is 0.0405 e. The van der Waals surface area contributed by atoms with E-state index in [4.69, 9.17) is 5.73 Å². The number of hydrogen-bond donors (Lipinski definition) is 2. The first-order chi connectivity index (χ1) is 6.08. The van der Waals surface area contributed by atoms with Crippen LogP contribution in [-0.2, 0) is 0 Å². The van der Waals surface area contributed by atoms with E-state index in [-0.39, 0.29) is 5.54 Å². The molecule has 1 aliphatic rings. The average Bonchev–Trinajstić information content (AvgIpc) is 2.45. The third kappa shape index (κ3) is 3.15. The summed E-state index contributed by atoms with van der Waals surface area (Å²) in [6, 6.07) is 0. The van der Waals surface area contributed by atoms with E-state index < -0.39 is 0 Å². The van der Waals surface area contributed by atoms with Gasteiger partial charge in [-0.2, -0.15) is 11.8 Å². The van der Waals surface area contributed by atoms with Crippen LogP contribution in [0.3, 0.4) is 0 Å². The molecule has 1 saturated heterocycles. The zero-order valence-electron chi connectivity index (χ0n) is 8.97. The summed E-state index contributed by atoms with van der Waals surface area (Å²) in [6.07, 6.45) is 1.22. The summed E-state index contributed by atoms with van der Waals surface area (Å²) in [5, 5.41) is 4.40. The summed E-state index contributed by atoms with van der Waals surface area (Å²) in [5.41, 5.74) is 6.07. The predicted octanol–water partition coefficient (Wildman–Crippen LogP) is 1.45. The van der Waals surface area contributed by atoms with E-state index in [1.54, 1.807) is 0 Å². The SMILES string of the molecule is CC(C)CNC1(CN)CSC(C)C1. The van der Waals surface area contributed by atoms with Crippen LogP contribution in [0.15, 0.2) is 0 Å². The topological polar surface area (TPSA) is 38.0 Å². The molecule has 0 amide bonds. The van der Waals surface area contributed by atoms with Gasteiger partial charge in [-0.25, -0.2) is 0 Å². The molecule has 78 valence electrons. The second-order valence-electron chi connectivity index (χ2n) is 4.58. The fourth-order valence-electron chi connectivity index (χ4n) is 1.73. The maximum atomic E-state index is 5.84. The molecule has 0 radical (unpaired) electrons. The van der Waals surface area contributed by atoms with E-state index in [9.17, 15) is 0 Å². The van der Waals surface area contributed by atoms with Crippen LogP contribution >= 0.6 is 11.8 Å². The van der Waals surface area contributed by atoms with Crippen molar-refractivity contribution in [2.24, 2.45) is 11.7 Å². The molecule has 0 aromatic rings. The Hall–Kier alpha value is 0.270. The Morgan fingerprint density at radius 3 is 2.69 bits per heavy atom. The van der Waals surface area contributed by atoms with Crippen molar-refractivity contribution in [3.05, 3.63) is 0 Å². The summed E-state index contributed by atoms with van der Waals surface area (Å²) in [5.74, 6) is 1.89. The van der Waals surface area contributed by atoms with Crippen molar-refractivity contribution in [2.75, 3.05) is 18.8 Å². The molecule has 0 aromatic carbocycles. The summed E-state index contributed by atoms with van der Waals surface area (Å²) < 4.78 is 0. The van der Waals surface area contributed by atoms with Gasteiger partial charge >= 0.3 is 0 Å². The fourth-order valence-corrected chi connectivity index (χ4v) is 3.11. The largest absolute Gasteiger partial charge is 0.329 e. The fraction of sp³-hybridized carbons (Fsp3) is 1.00. The molecular weight excluding hydrogens is 180 g/mol.